The van der Waals surface area contributed by atoms with Crippen LogP contribution in [0.5, 0.6) is 0 Å². The minimum absolute atomic E-state index is 1.13. The Kier molecular flexibility index (Phi) is 7.30. The third kappa shape index (κ3) is 5.27. The number of hydrogen-bond acceptors (Lipinski definition) is 2. The van der Waals surface area contributed by atoms with Crippen LogP contribution in [0.25, 0.3) is 64.3 Å². The average Bonchev–Trinajstić information content (AvgIpc) is 3.55. The summed E-state index contributed by atoms with van der Waals surface area (Å²) in [5.41, 5.74) is 11.8. The normalized spacial score (nSPS) is 11.4. The van der Waals surface area contributed by atoms with Crippen molar-refractivity contribution in [3.63, 3.8) is 0 Å². The van der Waals surface area contributed by atoms with Gasteiger partial charge in [0.1, 0.15) is 0 Å². The van der Waals surface area contributed by atoms with E-state index in [1.165, 1.54) is 69.9 Å². The van der Waals surface area contributed by atoms with E-state index in [0.717, 1.165) is 17.1 Å². The van der Waals surface area contributed by atoms with Gasteiger partial charge in [-0.3, -0.25) is 0 Å². The molecular weight excluding hydrogens is 611 g/mol. The standard InChI is InChI=1S/C47H33NS/c1-32-14-13-23-45-47(32)41-27-25-39(31-46(41)49-45)48(44-29-37-22-12-11-21-36(37)28-42(44)35-19-9-4-10-20-35)43-30-38(33-15-5-2-6-16-33)24-26-40(43)34-17-7-3-8-18-34/h2-31H,1H3. The van der Waals surface area contributed by atoms with Gasteiger partial charge in [0.2, 0.25) is 0 Å². The summed E-state index contributed by atoms with van der Waals surface area (Å²) in [6.45, 7) is 2.22. The summed E-state index contributed by atoms with van der Waals surface area (Å²) in [5, 5.41) is 5.10. The van der Waals surface area contributed by atoms with Gasteiger partial charge in [-0.2, -0.15) is 0 Å². The summed E-state index contributed by atoms with van der Waals surface area (Å²) >= 11 is 1.87. The van der Waals surface area contributed by atoms with Crippen LogP contribution in [0, 0.1) is 6.92 Å². The van der Waals surface area contributed by atoms with Crippen LogP contribution in [-0.4, -0.2) is 0 Å². The lowest BCUT2D eigenvalue weighted by molar-refractivity contribution is 1.29. The van der Waals surface area contributed by atoms with Gasteiger partial charge in [-0.05, 0) is 81.9 Å². The maximum absolute atomic E-state index is 2.50. The lowest BCUT2D eigenvalue weighted by Gasteiger charge is -2.31. The van der Waals surface area contributed by atoms with E-state index in [1.807, 2.05) is 11.3 Å². The smallest absolute Gasteiger partial charge is 0.0546 e. The highest BCUT2D eigenvalue weighted by molar-refractivity contribution is 7.25. The Labute approximate surface area is 291 Å². The second-order valence-corrected chi connectivity index (χ2v) is 13.7. The first-order valence-corrected chi connectivity index (χ1v) is 17.6. The largest absolute Gasteiger partial charge is 0.309 e. The molecule has 49 heavy (non-hydrogen) atoms. The van der Waals surface area contributed by atoms with Crippen molar-refractivity contribution < 1.29 is 0 Å². The van der Waals surface area contributed by atoms with Gasteiger partial charge < -0.3 is 4.90 Å². The van der Waals surface area contributed by atoms with Crippen LogP contribution in [-0.2, 0) is 0 Å². The number of rotatable bonds is 6. The SMILES string of the molecule is Cc1cccc2sc3cc(N(c4cc(-c5ccccc5)ccc4-c4ccccc4)c4cc5ccccc5cc4-c4ccccc4)ccc3c12. The van der Waals surface area contributed by atoms with Crippen LogP contribution in [0.3, 0.4) is 0 Å². The highest BCUT2D eigenvalue weighted by Crippen LogP contribution is 2.48. The van der Waals surface area contributed by atoms with E-state index < -0.39 is 0 Å². The van der Waals surface area contributed by atoms with Crippen molar-refractivity contribution in [2.75, 3.05) is 4.90 Å². The molecule has 0 unspecified atom stereocenters. The molecule has 0 aliphatic rings. The number of anilines is 3. The van der Waals surface area contributed by atoms with E-state index >= 15 is 0 Å². The third-order valence-corrected chi connectivity index (χ3v) is 10.7. The molecule has 0 spiro atoms. The molecule has 0 bridgehead atoms. The van der Waals surface area contributed by atoms with E-state index in [-0.39, 0.29) is 0 Å². The van der Waals surface area contributed by atoms with Gasteiger partial charge in [0, 0.05) is 37.0 Å². The molecule has 9 aromatic rings. The Balaban J connectivity index is 1.39. The molecule has 0 saturated heterocycles. The van der Waals surface area contributed by atoms with E-state index in [9.17, 15) is 0 Å². The topological polar surface area (TPSA) is 3.24 Å². The number of thiophene rings is 1. The van der Waals surface area contributed by atoms with Crippen molar-refractivity contribution in [3.05, 3.63) is 188 Å². The zero-order valence-corrected chi connectivity index (χ0v) is 28.0. The fourth-order valence-electron chi connectivity index (χ4n) is 7.19. The zero-order chi connectivity index (χ0) is 32.7. The molecule has 8 aromatic carbocycles. The summed E-state index contributed by atoms with van der Waals surface area (Å²) in [6.07, 6.45) is 0. The fraction of sp³-hybridized carbons (Fsp3) is 0.0213. The van der Waals surface area contributed by atoms with Gasteiger partial charge in [-0.25, -0.2) is 0 Å². The maximum Gasteiger partial charge on any atom is 0.0546 e. The van der Waals surface area contributed by atoms with Gasteiger partial charge in [0.15, 0.2) is 0 Å². The molecule has 232 valence electrons. The van der Waals surface area contributed by atoms with Crippen LogP contribution in [0.4, 0.5) is 17.1 Å². The van der Waals surface area contributed by atoms with Gasteiger partial charge in [-0.1, -0.05) is 146 Å². The molecule has 0 aliphatic heterocycles. The molecule has 1 nitrogen and oxygen atoms in total. The second-order valence-electron chi connectivity index (χ2n) is 12.6. The molecule has 2 heteroatoms. The molecule has 0 fully saturated rings. The van der Waals surface area contributed by atoms with Crippen LogP contribution in [0.2, 0.25) is 0 Å². The van der Waals surface area contributed by atoms with Crippen molar-refractivity contribution in [2.45, 2.75) is 6.92 Å². The fourth-order valence-corrected chi connectivity index (χ4v) is 8.41. The molecule has 0 aliphatic carbocycles. The molecule has 0 atom stereocenters. The van der Waals surface area contributed by atoms with Gasteiger partial charge >= 0.3 is 0 Å². The van der Waals surface area contributed by atoms with E-state index in [0.29, 0.717) is 0 Å². The van der Waals surface area contributed by atoms with Crippen LogP contribution in [0.1, 0.15) is 5.56 Å². The Morgan fingerprint density at radius 3 is 1.73 bits per heavy atom. The molecule has 0 saturated carbocycles. The summed E-state index contributed by atoms with van der Waals surface area (Å²) in [7, 11) is 0. The number of hydrogen-bond donors (Lipinski definition) is 0. The predicted molar refractivity (Wildman–Crippen MR) is 213 cm³/mol. The first-order valence-electron chi connectivity index (χ1n) is 16.8. The highest BCUT2D eigenvalue weighted by Gasteiger charge is 2.23. The van der Waals surface area contributed by atoms with E-state index in [2.05, 4.69) is 194 Å². The first-order chi connectivity index (χ1) is 24.2. The average molecular weight is 644 g/mol. The van der Waals surface area contributed by atoms with Crippen molar-refractivity contribution in [1.29, 1.82) is 0 Å². The zero-order valence-electron chi connectivity index (χ0n) is 27.2. The number of benzene rings is 8. The van der Waals surface area contributed by atoms with Crippen molar-refractivity contribution in [3.8, 4) is 33.4 Å². The Morgan fingerprint density at radius 2 is 1.02 bits per heavy atom. The number of aryl methyl sites for hydroxylation is 1. The summed E-state index contributed by atoms with van der Waals surface area (Å²) in [5.74, 6) is 0. The molecule has 1 aromatic heterocycles. The van der Waals surface area contributed by atoms with Gasteiger partial charge in [-0.15, -0.1) is 11.3 Å². The van der Waals surface area contributed by atoms with Crippen LogP contribution < -0.4 is 4.90 Å². The van der Waals surface area contributed by atoms with E-state index in [1.54, 1.807) is 0 Å². The Morgan fingerprint density at radius 1 is 0.408 bits per heavy atom. The molecular formula is C47H33NS. The maximum atomic E-state index is 2.50. The van der Waals surface area contributed by atoms with Gasteiger partial charge in [0.25, 0.3) is 0 Å². The summed E-state index contributed by atoms with van der Waals surface area (Å²) in [6, 6.07) is 66.4. The number of nitrogens with zero attached hydrogens (tertiary/aromatic N) is 1. The molecule has 1 heterocycles. The Hall–Kier alpha value is -5.96. The van der Waals surface area contributed by atoms with E-state index in [4.69, 9.17) is 0 Å². The van der Waals surface area contributed by atoms with Crippen LogP contribution >= 0.6 is 11.3 Å². The monoisotopic (exact) mass is 643 g/mol. The molecule has 0 amide bonds. The summed E-state index contributed by atoms with van der Waals surface area (Å²) in [4.78, 5) is 2.50. The minimum atomic E-state index is 1.13. The molecule has 0 radical (unpaired) electrons. The first kappa shape index (κ1) is 29.2. The molecule has 0 N–H and O–H groups in total. The van der Waals surface area contributed by atoms with Gasteiger partial charge in [0.05, 0.1) is 11.4 Å². The lowest BCUT2D eigenvalue weighted by atomic mass is 9.94. The number of fused-ring (bicyclic) bond motifs is 4. The molecule has 9 rings (SSSR count). The minimum Gasteiger partial charge on any atom is -0.309 e. The quantitative estimate of drug-likeness (QED) is 0.174. The Bertz CT molecular complexity index is 2600. The van der Waals surface area contributed by atoms with Crippen molar-refractivity contribution in [2.24, 2.45) is 0 Å². The van der Waals surface area contributed by atoms with Crippen LogP contribution in [0.15, 0.2) is 182 Å². The summed E-state index contributed by atoms with van der Waals surface area (Å²) < 4.78 is 2.61. The highest BCUT2D eigenvalue weighted by atomic mass is 32.1. The predicted octanol–water partition coefficient (Wildman–Crippen LogP) is 14.0. The third-order valence-electron chi connectivity index (χ3n) is 9.57. The lowest BCUT2D eigenvalue weighted by Crippen LogP contribution is -2.13. The van der Waals surface area contributed by atoms with Crippen molar-refractivity contribution >= 4 is 59.3 Å². The van der Waals surface area contributed by atoms with Crippen molar-refractivity contribution in [1.82, 2.24) is 0 Å². The second kappa shape index (κ2) is 12.2.